The predicted octanol–water partition coefficient (Wildman–Crippen LogP) is 2.48. The maximum Gasteiger partial charge on any atom is 0.256 e. The van der Waals surface area contributed by atoms with Crippen LogP contribution >= 0.6 is 0 Å². The Labute approximate surface area is 163 Å². The second kappa shape index (κ2) is 7.27. The molecule has 2 aromatic carbocycles. The number of hydrogen-bond donors (Lipinski definition) is 0. The number of benzene rings is 2. The highest BCUT2D eigenvalue weighted by atomic mass is 32.2. The topological polar surface area (TPSA) is 66.9 Å². The molecule has 8 heteroatoms. The zero-order chi connectivity index (χ0) is 19.8. The molecule has 4 rings (SSSR count). The molecule has 148 valence electrons. The smallest absolute Gasteiger partial charge is 0.256 e. The van der Waals surface area contributed by atoms with Gasteiger partial charge in [-0.2, -0.15) is 4.31 Å². The fourth-order valence-electron chi connectivity index (χ4n) is 3.91. The van der Waals surface area contributed by atoms with Gasteiger partial charge in [0.05, 0.1) is 17.1 Å². The van der Waals surface area contributed by atoms with E-state index in [1.807, 2.05) is 0 Å². The minimum atomic E-state index is -3.70. The van der Waals surface area contributed by atoms with Gasteiger partial charge in [-0.25, -0.2) is 12.8 Å². The van der Waals surface area contributed by atoms with Crippen LogP contribution in [-0.2, 0) is 14.8 Å². The molecule has 0 N–H and O–H groups in total. The molecule has 28 heavy (non-hydrogen) atoms. The Morgan fingerprint density at radius 2 is 1.61 bits per heavy atom. The van der Waals surface area contributed by atoms with Crippen LogP contribution in [0.3, 0.4) is 0 Å². The molecule has 0 unspecified atom stereocenters. The van der Waals surface area contributed by atoms with E-state index in [1.165, 1.54) is 22.5 Å². The Hall–Kier alpha value is -2.29. The van der Waals surface area contributed by atoms with Crippen molar-refractivity contribution >= 4 is 15.9 Å². The van der Waals surface area contributed by atoms with Gasteiger partial charge in [-0.05, 0) is 24.3 Å². The standard InChI is InChI=1S/C20H21FN2O4S/c21-18-9-5-4-8-17(18)19(24)22-12-10-20(11-13-22)23(14-15-27-20)28(25,26)16-6-2-1-3-7-16/h1-9H,10-15H2. The van der Waals surface area contributed by atoms with Gasteiger partial charge in [-0.3, -0.25) is 4.79 Å². The number of amides is 1. The number of ether oxygens (including phenoxy) is 1. The molecule has 0 radical (unpaired) electrons. The highest BCUT2D eigenvalue weighted by Crippen LogP contribution is 2.38. The van der Waals surface area contributed by atoms with Crippen LogP contribution in [0.25, 0.3) is 0 Å². The van der Waals surface area contributed by atoms with Crippen molar-refractivity contribution in [1.82, 2.24) is 9.21 Å². The third-order valence-corrected chi connectivity index (χ3v) is 7.35. The van der Waals surface area contributed by atoms with Crippen molar-refractivity contribution in [3.63, 3.8) is 0 Å². The van der Waals surface area contributed by atoms with Gasteiger partial charge in [0.1, 0.15) is 11.5 Å². The van der Waals surface area contributed by atoms with E-state index in [1.54, 1.807) is 41.3 Å². The molecule has 0 aromatic heterocycles. The fraction of sp³-hybridized carbons (Fsp3) is 0.350. The summed E-state index contributed by atoms with van der Waals surface area (Å²) in [5.41, 5.74) is -0.930. The molecule has 6 nitrogen and oxygen atoms in total. The number of hydrogen-bond acceptors (Lipinski definition) is 4. The third-order valence-electron chi connectivity index (χ3n) is 5.39. The zero-order valence-electron chi connectivity index (χ0n) is 15.3. The number of carbonyl (C=O) groups is 1. The first-order valence-electron chi connectivity index (χ1n) is 9.20. The third kappa shape index (κ3) is 3.21. The minimum Gasteiger partial charge on any atom is -0.358 e. The maximum absolute atomic E-state index is 13.9. The molecule has 0 bridgehead atoms. The van der Waals surface area contributed by atoms with Crippen molar-refractivity contribution in [2.24, 2.45) is 0 Å². The van der Waals surface area contributed by atoms with E-state index in [9.17, 15) is 17.6 Å². The average Bonchev–Trinajstić information content (AvgIpc) is 3.13. The van der Waals surface area contributed by atoms with E-state index in [-0.39, 0.29) is 22.9 Å². The van der Waals surface area contributed by atoms with Crippen LogP contribution in [0.5, 0.6) is 0 Å². The van der Waals surface area contributed by atoms with Gasteiger partial charge in [0.15, 0.2) is 0 Å². The van der Waals surface area contributed by atoms with Crippen LogP contribution in [0.15, 0.2) is 59.5 Å². The molecule has 1 amide bonds. The number of nitrogens with zero attached hydrogens (tertiary/aromatic N) is 2. The summed E-state index contributed by atoms with van der Waals surface area (Å²) in [5, 5.41) is 0. The molecule has 0 atom stereocenters. The lowest BCUT2D eigenvalue weighted by Gasteiger charge is -2.42. The van der Waals surface area contributed by atoms with Crippen LogP contribution in [0.2, 0.25) is 0 Å². The molecule has 2 aliphatic rings. The van der Waals surface area contributed by atoms with Crippen molar-refractivity contribution in [1.29, 1.82) is 0 Å². The van der Waals surface area contributed by atoms with Gasteiger partial charge in [0.2, 0.25) is 10.0 Å². The molecule has 0 saturated carbocycles. The van der Waals surface area contributed by atoms with Crippen LogP contribution in [0, 0.1) is 5.82 Å². The molecule has 0 aliphatic carbocycles. The van der Waals surface area contributed by atoms with Crippen LogP contribution < -0.4 is 0 Å². The number of rotatable bonds is 3. The molecule has 2 aromatic rings. The molecule has 2 aliphatic heterocycles. The summed E-state index contributed by atoms with van der Waals surface area (Å²) in [6, 6.07) is 14.1. The first-order chi connectivity index (χ1) is 13.4. The molecule has 2 heterocycles. The molecule has 2 fully saturated rings. The Kier molecular flexibility index (Phi) is 4.95. The Morgan fingerprint density at radius 3 is 2.29 bits per heavy atom. The van der Waals surface area contributed by atoms with Crippen LogP contribution in [0.1, 0.15) is 23.2 Å². The summed E-state index contributed by atoms with van der Waals surface area (Å²) in [6.45, 7) is 1.19. The molecular formula is C20H21FN2O4S. The summed E-state index contributed by atoms with van der Waals surface area (Å²) in [4.78, 5) is 14.4. The zero-order valence-corrected chi connectivity index (χ0v) is 16.1. The second-order valence-electron chi connectivity index (χ2n) is 6.96. The van der Waals surface area contributed by atoms with Gasteiger partial charge in [0.25, 0.3) is 5.91 Å². The summed E-state index contributed by atoms with van der Waals surface area (Å²) >= 11 is 0. The number of likely N-dealkylation sites (tertiary alicyclic amines) is 1. The van der Waals surface area contributed by atoms with E-state index in [0.717, 1.165) is 0 Å². The molecule has 2 saturated heterocycles. The minimum absolute atomic E-state index is 0.0274. The molecular weight excluding hydrogens is 383 g/mol. The van der Waals surface area contributed by atoms with Crippen molar-refractivity contribution in [3.05, 3.63) is 66.0 Å². The fourth-order valence-corrected chi connectivity index (χ4v) is 5.65. The van der Waals surface area contributed by atoms with E-state index in [2.05, 4.69) is 0 Å². The average molecular weight is 404 g/mol. The summed E-state index contributed by atoms with van der Waals surface area (Å²) in [6.07, 6.45) is 0.693. The number of sulfonamides is 1. The Balaban J connectivity index is 1.53. The van der Waals surface area contributed by atoms with Crippen molar-refractivity contribution in [2.75, 3.05) is 26.2 Å². The summed E-state index contributed by atoms with van der Waals surface area (Å²) < 4.78 is 47.5. The lowest BCUT2D eigenvalue weighted by Crippen LogP contribution is -2.55. The van der Waals surface area contributed by atoms with Gasteiger partial charge < -0.3 is 9.64 Å². The quantitative estimate of drug-likeness (QED) is 0.788. The second-order valence-corrected chi connectivity index (χ2v) is 8.82. The van der Waals surface area contributed by atoms with Crippen LogP contribution in [0.4, 0.5) is 4.39 Å². The lowest BCUT2D eigenvalue weighted by atomic mass is 10.00. The van der Waals surface area contributed by atoms with Crippen molar-refractivity contribution in [2.45, 2.75) is 23.5 Å². The maximum atomic E-state index is 13.9. The SMILES string of the molecule is O=C(c1ccccc1F)N1CCC2(CC1)OCCN2S(=O)(=O)c1ccccc1. The van der Waals surface area contributed by atoms with Gasteiger partial charge >= 0.3 is 0 Å². The Morgan fingerprint density at radius 1 is 0.964 bits per heavy atom. The molecule has 1 spiro atoms. The van der Waals surface area contributed by atoms with E-state index in [0.29, 0.717) is 32.5 Å². The monoisotopic (exact) mass is 404 g/mol. The van der Waals surface area contributed by atoms with Crippen molar-refractivity contribution in [3.8, 4) is 0 Å². The van der Waals surface area contributed by atoms with E-state index in [4.69, 9.17) is 4.74 Å². The van der Waals surface area contributed by atoms with Crippen molar-refractivity contribution < 1.29 is 22.3 Å². The van der Waals surface area contributed by atoms with E-state index < -0.39 is 21.6 Å². The number of carbonyl (C=O) groups excluding carboxylic acids is 1. The predicted molar refractivity (Wildman–Crippen MR) is 101 cm³/mol. The lowest BCUT2D eigenvalue weighted by molar-refractivity contribution is -0.0857. The van der Waals surface area contributed by atoms with Gasteiger partial charge in [0, 0.05) is 32.5 Å². The first kappa shape index (κ1) is 19.0. The number of halogens is 1. The Bertz CT molecular complexity index is 973. The van der Waals surface area contributed by atoms with Gasteiger partial charge in [-0.1, -0.05) is 30.3 Å². The summed E-state index contributed by atoms with van der Waals surface area (Å²) in [7, 11) is -3.70. The van der Waals surface area contributed by atoms with Crippen LogP contribution in [-0.4, -0.2) is 55.5 Å². The highest BCUT2D eigenvalue weighted by molar-refractivity contribution is 7.89. The summed E-state index contributed by atoms with van der Waals surface area (Å²) in [5.74, 6) is -0.943. The highest BCUT2D eigenvalue weighted by Gasteiger charge is 2.51. The normalized spacial score (nSPS) is 19.8. The number of piperidine rings is 1. The van der Waals surface area contributed by atoms with E-state index >= 15 is 0 Å². The largest absolute Gasteiger partial charge is 0.358 e. The van der Waals surface area contributed by atoms with Gasteiger partial charge in [-0.15, -0.1) is 0 Å². The first-order valence-corrected chi connectivity index (χ1v) is 10.6.